The molecule has 1 saturated heterocycles. The highest BCUT2D eigenvalue weighted by atomic mass is 19.3. The summed E-state index contributed by atoms with van der Waals surface area (Å²) < 4.78 is 30.4. The van der Waals surface area contributed by atoms with Crippen molar-refractivity contribution in [1.82, 2.24) is 14.9 Å². The number of likely N-dealkylation sites (tertiary alicyclic amines) is 1. The van der Waals surface area contributed by atoms with Gasteiger partial charge in [0.25, 0.3) is 5.91 Å². The molecule has 1 aromatic heterocycles. The number of carbonyl (C=O) groups excluding carboxylic acids is 2. The molecule has 0 bridgehead atoms. The first-order valence-corrected chi connectivity index (χ1v) is 8.46. The summed E-state index contributed by atoms with van der Waals surface area (Å²) in [6.07, 6.45) is 0.259. The van der Waals surface area contributed by atoms with Crippen LogP contribution in [0.5, 0.6) is 0 Å². The third kappa shape index (κ3) is 5.78. The number of piperidine rings is 1. The van der Waals surface area contributed by atoms with E-state index < -0.39 is 30.4 Å². The minimum absolute atomic E-state index is 0.218. The zero-order valence-corrected chi connectivity index (χ0v) is 14.3. The van der Waals surface area contributed by atoms with E-state index in [0.29, 0.717) is 24.4 Å². The maximum Gasteiger partial charge on any atom is 0.405 e. The van der Waals surface area contributed by atoms with Crippen molar-refractivity contribution >= 4 is 17.8 Å². The van der Waals surface area contributed by atoms with Gasteiger partial charge in [0, 0.05) is 19.0 Å². The number of primary amides is 1. The van der Waals surface area contributed by atoms with Gasteiger partial charge >= 0.3 is 6.09 Å². The van der Waals surface area contributed by atoms with Gasteiger partial charge < -0.3 is 21.1 Å². The summed E-state index contributed by atoms with van der Waals surface area (Å²) in [5, 5.41) is 0. The fourth-order valence-corrected chi connectivity index (χ4v) is 2.91. The van der Waals surface area contributed by atoms with E-state index in [1.54, 1.807) is 0 Å². The molecule has 1 fully saturated rings. The van der Waals surface area contributed by atoms with Crippen molar-refractivity contribution in [3.05, 3.63) is 18.1 Å². The molecule has 144 valence electrons. The minimum atomic E-state index is -2.38. The van der Waals surface area contributed by atoms with E-state index >= 15 is 0 Å². The lowest BCUT2D eigenvalue weighted by Crippen LogP contribution is -2.46. The summed E-state index contributed by atoms with van der Waals surface area (Å²) in [4.78, 5) is 33.2. The minimum Gasteiger partial charge on any atom is -0.436 e. The normalized spacial score (nSPS) is 16.5. The van der Waals surface area contributed by atoms with Crippen LogP contribution in [0.3, 0.4) is 0 Å². The molecular weight excluding hydrogens is 348 g/mol. The molecule has 1 atom stereocenters. The molecule has 2 rings (SSSR count). The van der Waals surface area contributed by atoms with E-state index in [1.807, 2.05) is 0 Å². The van der Waals surface area contributed by atoms with Crippen molar-refractivity contribution in [1.29, 1.82) is 0 Å². The molecule has 0 aromatic carbocycles. The number of alkyl halides is 2. The Morgan fingerprint density at radius 2 is 1.96 bits per heavy atom. The molecule has 1 aliphatic heterocycles. The number of hydrogen-bond acceptors (Lipinski definition) is 6. The number of nitrogens with zero attached hydrogens (tertiary/aromatic N) is 3. The SMILES string of the molecule is NC(=O)O[C@@H](CCCc1cnc(N)cn1)C(=O)N1CCC(C(F)F)CC1. The van der Waals surface area contributed by atoms with Gasteiger partial charge in [-0.1, -0.05) is 0 Å². The molecule has 0 radical (unpaired) electrons. The third-order valence-corrected chi connectivity index (χ3v) is 4.37. The van der Waals surface area contributed by atoms with Gasteiger partial charge in [-0.25, -0.2) is 18.6 Å². The van der Waals surface area contributed by atoms with Crippen LogP contribution in [0.25, 0.3) is 0 Å². The zero-order chi connectivity index (χ0) is 19.1. The second kappa shape index (κ2) is 9.25. The maximum absolute atomic E-state index is 12.7. The average Bonchev–Trinajstić information content (AvgIpc) is 2.61. The van der Waals surface area contributed by atoms with Crippen molar-refractivity contribution in [2.24, 2.45) is 11.7 Å². The quantitative estimate of drug-likeness (QED) is 0.745. The second-order valence-electron chi connectivity index (χ2n) is 6.25. The fraction of sp³-hybridized carbons (Fsp3) is 0.625. The molecule has 4 N–H and O–H groups in total. The van der Waals surface area contributed by atoms with Gasteiger partial charge in [0.2, 0.25) is 6.43 Å². The van der Waals surface area contributed by atoms with Gasteiger partial charge in [-0.15, -0.1) is 0 Å². The van der Waals surface area contributed by atoms with Crippen LogP contribution in [0.4, 0.5) is 19.4 Å². The third-order valence-electron chi connectivity index (χ3n) is 4.37. The van der Waals surface area contributed by atoms with Crippen LogP contribution in [0.2, 0.25) is 0 Å². The molecule has 0 aliphatic carbocycles. The van der Waals surface area contributed by atoms with Crippen molar-refractivity contribution in [3.63, 3.8) is 0 Å². The fourth-order valence-electron chi connectivity index (χ4n) is 2.91. The molecule has 2 amide bonds. The molecule has 1 aromatic rings. The molecular formula is C16H23F2N5O3. The number of carbonyl (C=O) groups is 2. The highest BCUT2D eigenvalue weighted by molar-refractivity contribution is 5.83. The molecule has 1 aliphatic rings. The first-order valence-electron chi connectivity index (χ1n) is 8.46. The highest BCUT2D eigenvalue weighted by Crippen LogP contribution is 2.24. The number of aryl methyl sites for hydroxylation is 1. The number of rotatable bonds is 7. The van der Waals surface area contributed by atoms with Crippen molar-refractivity contribution in [3.8, 4) is 0 Å². The molecule has 0 unspecified atom stereocenters. The monoisotopic (exact) mass is 371 g/mol. The van der Waals surface area contributed by atoms with Gasteiger partial charge in [-0.3, -0.25) is 9.78 Å². The van der Waals surface area contributed by atoms with Gasteiger partial charge in [0.15, 0.2) is 6.10 Å². The summed E-state index contributed by atoms with van der Waals surface area (Å²) in [6, 6.07) is 0. The topological polar surface area (TPSA) is 124 Å². The lowest BCUT2D eigenvalue weighted by molar-refractivity contribution is -0.142. The number of aromatic nitrogens is 2. The first kappa shape index (κ1) is 19.8. The standard InChI is InChI=1S/C16H23F2N5O3/c17-14(18)10-4-6-23(7-5-10)15(24)12(26-16(20)25)3-1-2-11-8-22-13(19)9-21-11/h8-10,12,14H,1-7H2,(H2,19,22)(H2,20,25)/t12-/m0/s1. The Morgan fingerprint density at radius 1 is 1.27 bits per heavy atom. The van der Waals surface area contributed by atoms with E-state index in [2.05, 4.69) is 9.97 Å². The summed E-state index contributed by atoms with van der Waals surface area (Å²) in [7, 11) is 0. The Bertz CT molecular complexity index is 606. The molecule has 2 heterocycles. The lowest BCUT2D eigenvalue weighted by atomic mass is 9.96. The number of nitrogen functional groups attached to an aromatic ring is 1. The van der Waals surface area contributed by atoms with Gasteiger partial charge in [0.05, 0.1) is 18.1 Å². The summed E-state index contributed by atoms with van der Waals surface area (Å²) in [5.74, 6) is -0.787. The number of nitrogens with two attached hydrogens (primary N) is 2. The lowest BCUT2D eigenvalue weighted by Gasteiger charge is -2.33. The Morgan fingerprint density at radius 3 is 2.50 bits per heavy atom. The van der Waals surface area contributed by atoms with Crippen LogP contribution in [-0.4, -0.2) is 52.5 Å². The average molecular weight is 371 g/mol. The van der Waals surface area contributed by atoms with Gasteiger partial charge in [-0.05, 0) is 32.1 Å². The number of ether oxygens (including phenoxy) is 1. The molecule has 10 heteroatoms. The summed E-state index contributed by atoms with van der Waals surface area (Å²) in [6.45, 7) is 0.436. The predicted molar refractivity (Wildman–Crippen MR) is 89.1 cm³/mol. The summed E-state index contributed by atoms with van der Waals surface area (Å²) >= 11 is 0. The Hall–Kier alpha value is -2.52. The van der Waals surface area contributed by atoms with E-state index in [0.717, 1.165) is 0 Å². The summed E-state index contributed by atoms with van der Waals surface area (Å²) in [5.41, 5.74) is 11.2. The number of anilines is 1. The van der Waals surface area contributed by atoms with E-state index in [1.165, 1.54) is 17.3 Å². The second-order valence-corrected chi connectivity index (χ2v) is 6.25. The van der Waals surface area contributed by atoms with Crippen LogP contribution >= 0.6 is 0 Å². The molecule has 8 nitrogen and oxygen atoms in total. The van der Waals surface area contributed by atoms with Crippen LogP contribution in [0.15, 0.2) is 12.4 Å². The largest absolute Gasteiger partial charge is 0.436 e. The van der Waals surface area contributed by atoms with Crippen LogP contribution < -0.4 is 11.5 Å². The number of amides is 2. The molecule has 26 heavy (non-hydrogen) atoms. The van der Waals surface area contributed by atoms with Crippen molar-refractivity contribution in [2.75, 3.05) is 18.8 Å². The van der Waals surface area contributed by atoms with Crippen LogP contribution in [0, 0.1) is 5.92 Å². The highest BCUT2D eigenvalue weighted by Gasteiger charge is 2.32. The molecule has 0 saturated carbocycles. The van der Waals surface area contributed by atoms with Gasteiger partial charge in [0.1, 0.15) is 5.82 Å². The first-order chi connectivity index (χ1) is 12.4. The smallest absolute Gasteiger partial charge is 0.405 e. The Balaban J connectivity index is 1.88. The van der Waals surface area contributed by atoms with Crippen molar-refractivity contribution < 1.29 is 23.1 Å². The van der Waals surface area contributed by atoms with Crippen LogP contribution in [0.1, 0.15) is 31.4 Å². The Labute approximate surface area is 149 Å². The molecule has 0 spiro atoms. The van der Waals surface area contributed by atoms with E-state index in [9.17, 15) is 18.4 Å². The Kier molecular flexibility index (Phi) is 7.05. The number of halogens is 2. The van der Waals surface area contributed by atoms with E-state index in [-0.39, 0.29) is 32.4 Å². The van der Waals surface area contributed by atoms with Gasteiger partial charge in [-0.2, -0.15) is 0 Å². The zero-order valence-electron chi connectivity index (χ0n) is 14.3. The predicted octanol–water partition coefficient (Wildman–Crippen LogP) is 1.35. The van der Waals surface area contributed by atoms with Crippen LogP contribution in [-0.2, 0) is 16.0 Å². The number of hydrogen-bond donors (Lipinski definition) is 2. The maximum atomic E-state index is 12.7. The van der Waals surface area contributed by atoms with Crippen molar-refractivity contribution in [2.45, 2.75) is 44.6 Å². The van der Waals surface area contributed by atoms with E-state index in [4.69, 9.17) is 16.2 Å².